The molecule has 4 heteroatoms. The summed E-state index contributed by atoms with van der Waals surface area (Å²) in [6.45, 7) is -2.72. The van der Waals surface area contributed by atoms with Gasteiger partial charge in [0.2, 0.25) is 0 Å². The summed E-state index contributed by atoms with van der Waals surface area (Å²) in [5, 5.41) is 6.57. The molecule has 6 aromatic carbocycles. The van der Waals surface area contributed by atoms with Crippen LogP contribution in [-0.2, 0) is 0 Å². The number of halogens is 2. The van der Waals surface area contributed by atoms with E-state index in [1.807, 2.05) is 18.2 Å². The minimum absolute atomic E-state index is 0.789. The number of hydrogen-bond donors (Lipinski definition) is 0. The summed E-state index contributed by atoms with van der Waals surface area (Å²) in [5.74, 6) is -4.05. The second kappa shape index (κ2) is 11.5. The first kappa shape index (κ1) is 27.8. The van der Waals surface area contributed by atoms with Gasteiger partial charge in [-0.05, 0) is 0 Å². The summed E-state index contributed by atoms with van der Waals surface area (Å²) in [6.07, 6.45) is 0. The monoisotopic (exact) mass is 606 g/mol. The second-order valence-corrected chi connectivity index (χ2v) is 20.6. The van der Waals surface area contributed by atoms with E-state index in [2.05, 4.69) is 164 Å². The van der Waals surface area contributed by atoms with Crippen molar-refractivity contribution in [1.29, 1.82) is 0 Å². The van der Waals surface area contributed by atoms with Gasteiger partial charge in [0.05, 0.1) is 0 Å². The molecule has 0 amide bonds. The zero-order chi connectivity index (χ0) is 28.2. The van der Waals surface area contributed by atoms with E-state index in [9.17, 15) is 0 Å². The first-order chi connectivity index (χ1) is 20.1. The van der Waals surface area contributed by atoms with Gasteiger partial charge in [-0.2, -0.15) is 0 Å². The minimum atomic E-state index is -4.05. The van der Waals surface area contributed by atoms with Crippen LogP contribution in [0.15, 0.2) is 182 Å². The van der Waals surface area contributed by atoms with Gasteiger partial charge in [-0.25, -0.2) is 0 Å². The van der Waals surface area contributed by atoms with Gasteiger partial charge in [0.25, 0.3) is 0 Å². The SMILES string of the molecule is ClC(=P(c1ccccc1)(c1ccccc1)c1ccccc1)P(Cl)(c1ccccc1)(c1ccccc1)c1ccccc1. The Morgan fingerprint density at radius 1 is 0.366 bits per heavy atom. The van der Waals surface area contributed by atoms with Crippen LogP contribution in [0.1, 0.15) is 0 Å². The van der Waals surface area contributed by atoms with E-state index in [1.54, 1.807) is 0 Å². The molecule has 0 spiro atoms. The Bertz CT molecular complexity index is 1590. The zero-order valence-corrected chi connectivity index (χ0v) is 25.8. The van der Waals surface area contributed by atoms with Crippen LogP contribution >= 0.6 is 35.7 Å². The van der Waals surface area contributed by atoms with E-state index in [-0.39, 0.29) is 0 Å². The van der Waals surface area contributed by atoms with Gasteiger partial charge in [-0.15, -0.1) is 0 Å². The first-order valence-electron chi connectivity index (χ1n) is 13.6. The molecule has 0 N–H and O–H groups in total. The molecule has 0 heterocycles. The molecule has 0 radical (unpaired) electrons. The van der Waals surface area contributed by atoms with Crippen molar-refractivity contribution < 1.29 is 0 Å². The van der Waals surface area contributed by atoms with Crippen molar-refractivity contribution in [2.75, 3.05) is 0 Å². The Morgan fingerprint density at radius 2 is 0.585 bits per heavy atom. The Hall–Kier alpha value is -3.37. The van der Waals surface area contributed by atoms with Crippen LogP contribution in [0, 0.1) is 0 Å². The van der Waals surface area contributed by atoms with Crippen molar-refractivity contribution in [3.8, 4) is 0 Å². The fraction of sp³-hybridized carbons (Fsp3) is 0. The molecule has 41 heavy (non-hydrogen) atoms. The molecule has 0 aliphatic heterocycles. The van der Waals surface area contributed by atoms with Crippen molar-refractivity contribution in [2.45, 2.75) is 0 Å². The standard InChI is InChI=1S/C37H30Cl2P2/c38-37(40(31-19-7-1-8-20-31,32-21-9-2-10-22-32)33-23-11-3-12-24-33)41(39,34-25-13-4-14-26-34,35-27-15-5-16-28-35)36-29-17-6-18-30-36/h1-30H. The van der Waals surface area contributed by atoms with Gasteiger partial charge in [0, 0.05) is 0 Å². The molecule has 6 rings (SSSR count). The number of hydrogen-bond acceptors (Lipinski definition) is 0. The van der Waals surface area contributed by atoms with Crippen LogP contribution in [-0.4, -0.2) is 4.49 Å². The summed E-state index contributed by atoms with van der Waals surface area (Å²) < 4.78 is 0.789. The van der Waals surface area contributed by atoms with Crippen molar-refractivity contribution in [1.82, 2.24) is 0 Å². The van der Waals surface area contributed by atoms with Gasteiger partial charge < -0.3 is 0 Å². The zero-order valence-electron chi connectivity index (χ0n) is 22.5. The molecule has 0 saturated heterocycles. The Morgan fingerprint density at radius 3 is 0.829 bits per heavy atom. The van der Waals surface area contributed by atoms with Crippen LogP contribution in [0.25, 0.3) is 0 Å². The van der Waals surface area contributed by atoms with Crippen LogP contribution in [0.3, 0.4) is 0 Å². The molecule has 0 aliphatic carbocycles. The molecule has 6 aromatic rings. The van der Waals surface area contributed by atoms with Crippen LogP contribution in [0.4, 0.5) is 0 Å². The fourth-order valence-corrected chi connectivity index (χ4v) is 21.1. The molecular formula is C37H30Cl2P2. The summed E-state index contributed by atoms with van der Waals surface area (Å²) in [5.41, 5.74) is 0. The van der Waals surface area contributed by atoms with Crippen molar-refractivity contribution >= 4 is 72.0 Å². The summed E-state index contributed by atoms with van der Waals surface area (Å²) in [7, 11) is 0. The Kier molecular flexibility index (Phi) is 7.78. The molecule has 0 atom stereocenters. The van der Waals surface area contributed by atoms with Gasteiger partial charge in [-0.1, -0.05) is 0 Å². The van der Waals surface area contributed by atoms with Gasteiger partial charge in [0.1, 0.15) is 0 Å². The molecule has 202 valence electrons. The summed E-state index contributed by atoms with van der Waals surface area (Å²) in [4.78, 5) is 0. The average molecular weight is 608 g/mol. The predicted molar refractivity (Wildman–Crippen MR) is 187 cm³/mol. The third kappa shape index (κ3) is 4.34. The molecule has 0 fully saturated rings. The quantitative estimate of drug-likeness (QED) is 0.162. The Balaban J connectivity index is 1.99. The third-order valence-electron chi connectivity index (χ3n) is 7.78. The van der Waals surface area contributed by atoms with E-state index in [4.69, 9.17) is 22.8 Å². The maximum atomic E-state index is 8.75. The van der Waals surface area contributed by atoms with E-state index in [0.717, 1.165) is 20.4 Å². The Labute approximate surface area is 252 Å². The first-order valence-corrected chi connectivity index (χ1v) is 18.9. The molecule has 0 unspecified atom stereocenters. The molecular weight excluding hydrogens is 577 g/mol. The van der Waals surface area contributed by atoms with Crippen LogP contribution < -0.4 is 31.8 Å². The second-order valence-electron chi connectivity index (χ2n) is 9.96. The number of benzene rings is 6. The van der Waals surface area contributed by atoms with Crippen molar-refractivity contribution in [2.24, 2.45) is 0 Å². The number of rotatable bonds is 7. The topological polar surface area (TPSA) is 0 Å². The maximum absolute atomic E-state index is 8.75. The molecule has 0 aromatic heterocycles. The van der Waals surface area contributed by atoms with Crippen LogP contribution in [0.5, 0.6) is 0 Å². The molecule has 0 saturated carbocycles. The molecule has 0 aliphatic rings. The van der Waals surface area contributed by atoms with E-state index in [0.29, 0.717) is 0 Å². The normalized spacial score (nSPS) is 12.7. The van der Waals surface area contributed by atoms with Gasteiger partial charge in [-0.3, -0.25) is 0 Å². The molecule has 0 bridgehead atoms. The average Bonchev–Trinajstić information content (AvgIpc) is 3.07. The van der Waals surface area contributed by atoms with Crippen molar-refractivity contribution in [3.63, 3.8) is 0 Å². The molecule has 0 nitrogen and oxygen atoms in total. The summed E-state index contributed by atoms with van der Waals surface area (Å²) >= 11 is 17.1. The van der Waals surface area contributed by atoms with E-state index in [1.165, 1.54) is 15.9 Å². The van der Waals surface area contributed by atoms with E-state index < -0.39 is 12.8 Å². The van der Waals surface area contributed by atoms with Crippen LogP contribution in [0.2, 0.25) is 0 Å². The fourth-order valence-electron chi connectivity index (χ4n) is 5.89. The third-order valence-corrected chi connectivity index (χ3v) is 22.8. The predicted octanol–water partition coefficient (Wildman–Crippen LogP) is 7.99. The van der Waals surface area contributed by atoms with Crippen molar-refractivity contribution in [3.05, 3.63) is 182 Å². The summed E-state index contributed by atoms with van der Waals surface area (Å²) in [6, 6.07) is 63.6. The van der Waals surface area contributed by atoms with Gasteiger partial charge >= 0.3 is 254 Å². The van der Waals surface area contributed by atoms with E-state index >= 15 is 0 Å². The van der Waals surface area contributed by atoms with Gasteiger partial charge in [0.15, 0.2) is 0 Å².